The van der Waals surface area contributed by atoms with E-state index in [-0.39, 0.29) is 11.9 Å². The lowest BCUT2D eigenvalue weighted by molar-refractivity contribution is -0.122. The van der Waals surface area contributed by atoms with Gasteiger partial charge in [-0.1, -0.05) is 11.2 Å². The number of benzene rings is 1. The average Bonchev–Trinajstić information content (AvgIpc) is 2.81. The van der Waals surface area contributed by atoms with Crippen LogP contribution in [0, 0.1) is 13.8 Å². The molecule has 22 heavy (non-hydrogen) atoms. The van der Waals surface area contributed by atoms with Gasteiger partial charge < -0.3 is 20.9 Å². The molecule has 1 saturated heterocycles. The molecule has 0 bridgehead atoms. The third kappa shape index (κ3) is 2.77. The second-order valence-corrected chi connectivity index (χ2v) is 5.69. The number of carbonyl (C=O) groups is 1. The van der Waals surface area contributed by atoms with Crippen molar-refractivity contribution in [3.63, 3.8) is 0 Å². The lowest BCUT2D eigenvalue weighted by Crippen LogP contribution is -2.39. The van der Waals surface area contributed by atoms with Crippen LogP contribution in [0.4, 0.5) is 11.4 Å². The van der Waals surface area contributed by atoms with Crippen LogP contribution < -0.4 is 16.4 Å². The number of nitrogens with one attached hydrogen (secondary N) is 2. The summed E-state index contributed by atoms with van der Waals surface area (Å²) in [5.74, 6) is 0.858. The van der Waals surface area contributed by atoms with E-state index in [4.69, 9.17) is 10.3 Å². The summed E-state index contributed by atoms with van der Waals surface area (Å²) in [6.07, 6.45) is 1.38. The van der Waals surface area contributed by atoms with E-state index in [1.54, 1.807) is 0 Å². The maximum absolute atomic E-state index is 11.4. The van der Waals surface area contributed by atoms with E-state index in [1.165, 1.54) is 0 Å². The van der Waals surface area contributed by atoms with Crippen molar-refractivity contribution in [3.8, 4) is 11.1 Å². The van der Waals surface area contributed by atoms with Crippen molar-refractivity contribution in [2.24, 2.45) is 0 Å². The number of nitrogen functional groups attached to an aromatic ring is 1. The molecule has 0 saturated carbocycles. The predicted octanol–water partition coefficient (Wildman–Crippen LogP) is 2.23. The Morgan fingerprint density at radius 2 is 2.23 bits per heavy atom. The van der Waals surface area contributed by atoms with Crippen LogP contribution in [0.5, 0.6) is 0 Å². The highest BCUT2D eigenvalue weighted by Gasteiger charge is 2.19. The maximum Gasteiger partial charge on any atom is 0.222 e. The normalized spacial score (nSPS) is 18.1. The van der Waals surface area contributed by atoms with E-state index in [9.17, 15) is 4.79 Å². The fourth-order valence-electron chi connectivity index (χ4n) is 2.87. The quantitative estimate of drug-likeness (QED) is 0.756. The van der Waals surface area contributed by atoms with E-state index < -0.39 is 0 Å². The first-order chi connectivity index (χ1) is 10.5. The number of carbonyl (C=O) groups excluding carboxylic acids is 1. The van der Waals surface area contributed by atoms with Crippen molar-refractivity contribution < 1.29 is 9.32 Å². The van der Waals surface area contributed by atoms with Crippen LogP contribution in [-0.4, -0.2) is 23.7 Å². The highest BCUT2D eigenvalue weighted by atomic mass is 16.5. The molecular formula is C16H20N4O2. The molecule has 1 aliphatic rings. The summed E-state index contributed by atoms with van der Waals surface area (Å²) in [4.78, 5) is 11.4. The minimum atomic E-state index is 0.0784. The van der Waals surface area contributed by atoms with Gasteiger partial charge in [0.1, 0.15) is 5.76 Å². The van der Waals surface area contributed by atoms with Crippen molar-refractivity contribution in [1.29, 1.82) is 0 Å². The van der Waals surface area contributed by atoms with Gasteiger partial charge in [0.15, 0.2) is 0 Å². The van der Waals surface area contributed by atoms with Gasteiger partial charge in [0.05, 0.1) is 17.1 Å². The largest absolute Gasteiger partial charge is 0.397 e. The Kier molecular flexibility index (Phi) is 3.75. The van der Waals surface area contributed by atoms with Gasteiger partial charge in [0.2, 0.25) is 5.91 Å². The van der Waals surface area contributed by atoms with Gasteiger partial charge in [-0.2, -0.15) is 0 Å². The maximum atomic E-state index is 11.4. The van der Waals surface area contributed by atoms with Crippen LogP contribution in [0.2, 0.25) is 0 Å². The first-order valence-electron chi connectivity index (χ1n) is 7.40. The van der Waals surface area contributed by atoms with Gasteiger partial charge in [0.25, 0.3) is 0 Å². The summed E-state index contributed by atoms with van der Waals surface area (Å²) >= 11 is 0. The van der Waals surface area contributed by atoms with Crippen LogP contribution in [0.25, 0.3) is 11.1 Å². The van der Waals surface area contributed by atoms with Crippen LogP contribution in [0.1, 0.15) is 24.3 Å². The molecule has 116 valence electrons. The third-order valence-electron chi connectivity index (χ3n) is 3.98. The number of anilines is 2. The van der Waals surface area contributed by atoms with E-state index in [2.05, 4.69) is 15.8 Å². The van der Waals surface area contributed by atoms with E-state index >= 15 is 0 Å². The number of amides is 1. The molecule has 0 spiro atoms. The van der Waals surface area contributed by atoms with Crippen molar-refractivity contribution in [1.82, 2.24) is 10.5 Å². The van der Waals surface area contributed by atoms with Crippen molar-refractivity contribution in [2.45, 2.75) is 32.7 Å². The van der Waals surface area contributed by atoms with Crippen LogP contribution >= 0.6 is 0 Å². The highest BCUT2D eigenvalue weighted by Crippen LogP contribution is 2.31. The molecule has 2 aromatic rings. The molecule has 1 aliphatic heterocycles. The number of piperidine rings is 1. The molecular weight excluding hydrogens is 280 g/mol. The number of nitrogens with zero attached hydrogens (tertiary/aromatic N) is 1. The topological polar surface area (TPSA) is 93.2 Å². The Hall–Kier alpha value is -2.50. The third-order valence-corrected chi connectivity index (χ3v) is 3.98. The second-order valence-electron chi connectivity index (χ2n) is 5.69. The fourth-order valence-corrected chi connectivity index (χ4v) is 2.87. The Bertz CT molecular complexity index is 689. The molecule has 4 N–H and O–H groups in total. The number of hydrogen-bond acceptors (Lipinski definition) is 5. The van der Waals surface area contributed by atoms with Gasteiger partial charge >= 0.3 is 0 Å². The van der Waals surface area contributed by atoms with Crippen LogP contribution in [-0.2, 0) is 4.79 Å². The monoisotopic (exact) mass is 300 g/mol. The van der Waals surface area contributed by atoms with E-state index in [0.717, 1.165) is 34.7 Å². The number of hydrogen-bond donors (Lipinski definition) is 3. The Morgan fingerprint density at radius 3 is 2.86 bits per heavy atom. The molecule has 1 unspecified atom stereocenters. The minimum Gasteiger partial charge on any atom is -0.397 e. The van der Waals surface area contributed by atoms with Crippen molar-refractivity contribution >= 4 is 17.3 Å². The molecule has 6 nitrogen and oxygen atoms in total. The minimum absolute atomic E-state index is 0.0784. The van der Waals surface area contributed by atoms with Crippen LogP contribution in [0.3, 0.4) is 0 Å². The Labute approximate surface area is 129 Å². The first kappa shape index (κ1) is 14.4. The van der Waals surface area contributed by atoms with Gasteiger partial charge in [0, 0.05) is 24.6 Å². The summed E-state index contributed by atoms with van der Waals surface area (Å²) in [7, 11) is 0. The number of nitrogens with two attached hydrogens (primary N) is 1. The molecule has 2 heterocycles. The summed E-state index contributed by atoms with van der Waals surface area (Å²) in [5.41, 5.74) is 10.5. The highest BCUT2D eigenvalue weighted by molar-refractivity contribution is 5.80. The van der Waals surface area contributed by atoms with Crippen molar-refractivity contribution in [3.05, 3.63) is 29.7 Å². The molecule has 1 fully saturated rings. The van der Waals surface area contributed by atoms with Gasteiger partial charge in [-0.3, -0.25) is 4.79 Å². The van der Waals surface area contributed by atoms with Crippen LogP contribution in [0.15, 0.2) is 22.7 Å². The molecule has 0 radical (unpaired) electrons. The van der Waals surface area contributed by atoms with Gasteiger partial charge in [-0.15, -0.1) is 0 Å². The molecule has 0 aliphatic carbocycles. The number of aryl methyl sites for hydroxylation is 2. The summed E-state index contributed by atoms with van der Waals surface area (Å²) in [6, 6.07) is 5.98. The fraction of sp³-hybridized carbons (Fsp3) is 0.375. The second kappa shape index (κ2) is 5.71. The molecule has 1 aromatic carbocycles. The first-order valence-corrected chi connectivity index (χ1v) is 7.40. The standard InChI is InChI=1S/C16H20N4O2/c1-9-16(10(2)22-20-9)11-3-4-14(13(17)7-11)19-12-5-6-18-15(21)8-12/h3-4,7,12,19H,5-6,8,17H2,1-2H3,(H,18,21). The van der Waals surface area contributed by atoms with Gasteiger partial charge in [-0.25, -0.2) is 0 Å². The molecule has 1 aromatic heterocycles. The zero-order valence-electron chi connectivity index (χ0n) is 12.8. The molecule has 1 amide bonds. The Balaban J connectivity index is 1.82. The molecule has 1 atom stereocenters. The lowest BCUT2D eigenvalue weighted by Gasteiger charge is -2.25. The van der Waals surface area contributed by atoms with E-state index in [0.29, 0.717) is 18.7 Å². The summed E-state index contributed by atoms with van der Waals surface area (Å²) < 4.78 is 5.20. The lowest BCUT2D eigenvalue weighted by atomic mass is 10.0. The van der Waals surface area contributed by atoms with Gasteiger partial charge in [-0.05, 0) is 38.0 Å². The number of rotatable bonds is 3. The zero-order chi connectivity index (χ0) is 15.7. The summed E-state index contributed by atoms with van der Waals surface area (Å²) in [5, 5.41) is 10.2. The summed E-state index contributed by atoms with van der Waals surface area (Å²) in [6.45, 7) is 4.50. The molecule has 6 heteroatoms. The number of aromatic nitrogens is 1. The Morgan fingerprint density at radius 1 is 1.41 bits per heavy atom. The smallest absolute Gasteiger partial charge is 0.222 e. The van der Waals surface area contributed by atoms with E-state index in [1.807, 2.05) is 32.0 Å². The average molecular weight is 300 g/mol. The van der Waals surface area contributed by atoms with Crippen molar-refractivity contribution in [2.75, 3.05) is 17.6 Å². The SMILES string of the molecule is Cc1noc(C)c1-c1ccc(NC2CCNC(=O)C2)c(N)c1. The predicted molar refractivity (Wildman–Crippen MR) is 85.5 cm³/mol. The molecule has 3 rings (SSSR count). The zero-order valence-corrected chi connectivity index (χ0v) is 12.8.